The summed E-state index contributed by atoms with van der Waals surface area (Å²) in [4.78, 5) is 0. The Kier molecular flexibility index (Phi) is 15.3. The van der Waals surface area contributed by atoms with E-state index in [1.807, 2.05) is 6.08 Å². The van der Waals surface area contributed by atoms with E-state index in [1.165, 1.54) is 57.8 Å². The second-order valence-corrected chi connectivity index (χ2v) is 5.77. The fourth-order valence-electron chi connectivity index (χ4n) is 2.18. The average molecular weight is 297 g/mol. The summed E-state index contributed by atoms with van der Waals surface area (Å²) in [7, 11) is 0. The SMILES string of the molecule is CCCCCCCCCCC/C=C/C=C/[C@H](O)[C@@H](N)CO. The van der Waals surface area contributed by atoms with Crippen molar-refractivity contribution in [3.05, 3.63) is 24.3 Å². The zero-order valence-corrected chi connectivity index (χ0v) is 13.7. The molecular weight excluding hydrogens is 262 g/mol. The Labute approximate surface area is 130 Å². The molecule has 3 heteroatoms. The first-order valence-corrected chi connectivity index (χ1v) is 8.60. The van der Waals surface area contributed by atoms with E-state index in [2.05, 4.69) is 13.0 Å². The lowest BCUT2D eigenvalue weighted by atomic mass is 10.1. The quantitative estimate of drug-likeness (QED) is 0.338. The second kappa shape index (κ2) is 15.7. The van der Waals surface area contributed by atoms with Gasteiger partial charge in [0.2, 0.25) is 0 Å². The van der Waals surface area contributed by atoms with Gasteiger partial charge in [0, 0.05) is 0 Å². The molecule has 0 aromatic heterocycles. The van der Waals surface area contributed by atoms with E-state index in [0.717, 1.165) is 6.42 Å². The van der Waals surface area contributed by atoms with Crippen LogP contribution in [0.1, 0.15) is 71.1 Å². The van der Waals surface area contributed by atoms with Gasteiger partial charge in [0.25, 0.3) is 0 Å². The highest BCUT2D eigenvalue weighted by Gasteiger charge is 2.08. The minimum Gasteiger partial charge on any atom is -0.395 e. The Balaban J connectivity index is 3.34. The maximum Gasteiger partial charge on any atom is 0.0897 e. The molecule has 0 saturated heterocycles. The van der Waals surface area contributed by atoms with Gasteiger partial charge in [0.15, 0.2) is 0 Å². The Hall–Kier alpha value is -0.640. The zero-order chi connectivity index (χ0) is 15.8. The first kappa shape index (κ1) is 20.4. The van der Waals surface area contributed by atoms with Gasteiger partial charge < -0.3 is 15.9 Å². The molecule has 0 unspecified atom stereocenters. The van der Waals surface area contributed by atoms with Crippen LogP contribution < -0.4 is 5.73 Å². The lowest BCUT2D eigenvalue weighted by molar-refractivity contribution is 0.144. The predicted octanol–water partition coefficient (Wildman–Crippen LogP) is 3.70. The van der Waals surface area contributed by atoms with Gasteiger partial charge in [-0.1, -0.05) is 82.6 Å². The minimum atomic E-state index is -0.771. The van der Waals surface area contributed by atoms with Gasteiger partial charge in [-0.25, -0.2) is 0 Å². The molecule has 0 radical (unpaired) electrons. The van der Waals surface area contributed by atoms with Gasteiger partial charge in [0.1, 0.15) is 0 Å². The summed E-state index contributed by atoms with van der Waals surface area (Å²) in [5.74, 6) is 0. The van der Waals surface area contributed by atoms with Crippen LogP contribution >= 0.6 is 0 Å². The number of allylic oxidation sites excluding steroid dienone is 3. The van der Waals surface area contributed by atoms with Crippen molar-refractivity contribution in [1.82, 2.24) is 0 Å². The number of hydrogen-bond donors (Lipinski definition) is 3. The molecule has 3 nitrogen and oxygen atoms in total. The Morgan fingerprint density at radius 2 is 1.48 bits per heavy atom. The monoisotopic (exact) mass is 297 g/mol. The molecular formula is C18H35NO2. The van der Waals surface area contributed by atoms with Crippen LogP contribution in [0.25, 0.3) is 0 Å². The van der Waals surface area contributed by atoms with E-state index in [4.69, 9.17) is 10.8 Å². The number of unbranched alkanes of at least 4 members (excludes halogenated alkanes) is 9. The molecule has 0 bridgehead atoms. The van der Waals surface area contributed by atoms with Gasteiger partial charge in [-0.15, -0.1) is 0 Å². The fourth-order valence-corrected chi connectivity index (χ4v) is 2.18. The van der Waals surface area contributed by atoms with Crippen molar-refractivity contribution in [2.24, 2.45) is 5.73 Å². The number of rotatable bonds is 14. The van der Waals surface area contributed by atoms with Crippen molar-refractivity contribution in [3.8, 4) is 0 Å². The molecule has 0 aliphatic carbocycles. The molecule has 0 fully saturated rings. The van der Waals surface area contributed by atoms with Crippen LogP contribution in [0.3, 0.4) is 0 Å². The maximum absolute atomic E-state index is 9.49. The van der Waals surface area contributed by atoms with Gasteiger partial charge >= 0.3 is 0 Å². The highest BCUT2D eigenvalue weighted by Crippen LogP contribution is 2.10. The molecule has 0 aliphatic rings. The van der Waals surface area contributed by atoms with Crippen LogP contribution in [0.5, 0.6) is 0 Å². The Bertz CT molecular complexity index is 264. The van der Waals surface area contributed by atoms with Crippen molar-refractivity contribution in [3.63, 3.8) is 0 Å². The molecule has 0 aromatic carbocycles. The highest BCUT2D eigenvalue weighted by atomic mass is 16.3. The standard InChI is InChI=1S/C18H35NO2/c1-2-3-4-5-6-7-8-9-10-11-12-13-14-15-18(21)17(19)16-20/h12-15,17-18,20-21H,2-11,16,19H2,1H3/b13-12+,15-14+/t17-,18-/m0/s1. The molecule has 0 aromatic rings. The van der Waals surface area contributed by atoms with Crippen LogP contribution in [-0.4, -0.2) is 29.0 Å². The van der Waals surface area contributed by atoms with Crippen LogP contribution in [0.15, 0.2) is 24.3 Å². The topological polar surface area (TPSA) is 66.5 Å². The third kappa shape index (κ3) is 14.1. The fraction of sp³-hybridized carbons (Fsp3) is 0.778. The number of aliphatic hydroxyl groups is 2. The lowest BCUT2D eigenvalue weighted by Crippen LogP contribution is -2.36. The van der Waals surface area contributed by atoms with Gasteiger partial charge in [0.05, 0.1) is 18.8 Å². The maximum atomic E-state index is 9.49. The van der Waals surface area contributed by atoms with Crippen molar-refractivity contribution < 1.29 is 10.2 Å². The summed E-state index contributed by atoms with van der Waals surface area (Å²) >= 11 is 0. The van der Waals surface area contributed by atoms with E-state index >= 15 is 0 Å². The van der Waals surface area contributed by atoms with Crippen LogP contribution in [0.2, 0.25) is 0 Å². The van der Waals surface area contributed by atoms with Crippen LogP contribution in [0, 0.1) is 0 Å². The van der Waals surface area contributed by atoms with E-state index in [0.29, 0.717) is 0 Å². The van der Waals surface area contributed by atoms with E-state index in [9.17, 15) is 5.11 Å². The third-order valence-electron chi connectivity index (χ3n) is 3.68. The summed E-state index contributed by atoms with van der Waals surface area (Å²) in [6.07, 6.45) is 20.0. The Morgan fingerprint density at radius 3 is 2.05 bits per heavy atom. The Morgan fingerprint density at radius 1 is 0.905 bits per heavy atom. The van der Waals surface area contributed by atoms with Gasteiger partial charge in [-0.2, -0.15) is 0 Å². The number of hydrogen-bond acceptors (Lipinski definition) is 3. The van der Waals surface area contributed by atoms with Crippen molar-refractivity contribution >= 4 is 0 Å². The first-order valence-electron chi connectivity index (χ1n) is 8.60. The molecule has 124 valence electrons. The lowest BCUT2D eigenvalue weighted by Gasteiger charge is -2.11. The number of aliphatic hydroxyl groups excluding tert-OH is 2. The third-order valence-corrected chi connectivity index (χ3v) is 3.68. The van der Waals surface area contributed by atoms with Crippen molar-refractivity contribution in [2.75, 3.05) is 6.61 Å². The summed E-state index contributed by atoms with van der Waals surface area (Å²) in [6, 6.07) is -0.591. The normalized spacial score (nSPS) is 15.0. The summed E-state index contributed by atoms with van der Waals surface area (Å²) in [5.41, 5.74) is 5.49. The van der Waals surface area contributed by atoms with Gasteiger partial charge in [-0.3, -0.25) is 0 Å². The van der Waals surface area contributed by atoms with E-state index in [1.54, 1.807) is 12.2 Å². The summed E-state index contributed by atoms with van der Waals surface area (Å²) in [5, 5.41) is 18.3. The summed E-state index contributed by atoms with van der Waals surface area (Å²) in [6.45, 7) is 2.05. The first-order chi connectivity index (χ1) is 10.2. The molecule has 21 heavy (non-hydrogen) atoms. The average Bonchev–Trinajstić information content (AvgIpc) is 2.50. The molecule has 0 aliphatic heterocycles. The zero-order valence-electron chi connectivity index (χ0n) is 13.7. The van der Waals surface area contributed by atoms with Crippen LogP contribution in [0.4, 0.5) is 0 Å². The molecule has 4 N–H and O–H groups in total. The van der Waals surface area contributed by atoms with Gasteiger partial charge in [-0.05, 0) is 12.8 Å². The second-order valence-electron chi connectivity index (χ2n) is 5.77. The molecule has 0 saturated carbocycles. The van der Waals surface area contributed by atoms with E-state index in [-0.39, 0.29) is 6.61 Å². The smallest absolute Gasteiger partial charge is 0.0897 e. The van der Waals surface area contributed by atoms with Crippen molar-refractivity contribution in [1.29, 1.82) is 0 Å². The molecule has 2 atom stereocenters. The largest absolute Gasteiger partial charge is 0.395 e. The van der Waals surface area contributed by atoms with Crippen molar-refractivity contribution in [2.45, 2.75) is 83.3 Å². The molecule has 0 spiro atoms. The number of nitrogens with two attached hydrogens (primary N) is 1. The molecule has 0 rings (SSSR count). The minimum absolute atomic E-state index is 0.201. The highest BCUT2D eigenvalue weighted by molar-refractivity contribution is 5.06. The van der Waals surface area contributed by atoms with Crippen LogP contribution in [-0.2, 0) is 0 Å². The summed E-state index contributed by atoms with van der Waals surface area (Å²) < 4.78 is 0. The van der Waals surface area contributed by atoms with E-state index < -0.39 is 12.1 Å². The molecule has 0 heterocycles. The predicted molar refractivity (Wildman–Crippen MR) is 91.2 cm³/mol. The molecule has 0 amide bonds.